The third kappa shape index (κ3) is 4.83. The van der Waals surface area contributed by atoms with Crippen molar-refractivity contribution in [2.24, 2.45) is 5.92 Å². The van der Waals surface area contributed by atoms with Crippen LogP contribution in [0.3, 0.4) is 0 Å². The van der Waals surface area contributed by atoms with E-state index in [1.165, 1.54) is 18.4 Å². The number of hydrogen-bond donors (Lipinski definition) is 1. The molecule has 0 spiro atoms. The number of methoxy groups -OCH3 is 1. The number of anilines is 1. The minimum Gasteiger partial charge on any atom is -0.493 e. The fourth-order valence-electron chi connectivity index (χ4n) is 3.89. The van der Waals surface area contributed by atoms with Gasteiger partial charge < -0.3 is 19.4 Å². The molecule has 2 amide bonds. The van der Waals surface area contributed by atoms with Crippen LogP contribution in [0.25, 0.3) is 22.2 Å². The Morgan fingerprint density at radius 1 is 1.34 bits per heavy atom. The van der Waals surface area contributed by atoms with E-state index in [1.54, 1.807) is 17.5 Å². The monoisotopic (exact) mass is 455 g/mol. The van der Waals surface area contributed by atoms with Crippen LogP contribution in [-0.4, -0.2) is 41.9 Å². The van der Waals surface area contributed by atoms with Crippen molar-refractivity contribution in [1.82, 2.24) is 9.88 Å². The van der Waals surface area contributed by atoms with E-state index in [2.05, 4.69) is 17.2 Å². The second-order valence-corrected chi connectivity index (χ2v) is 8.86. The standard InChI is InChI=1S/C23H25N3O5S/c1-14-5-4-10-26(12-14)20(28)9-8-19(27)25-23-24-17(13-32-23)16-11-15-6-3-7-18(30-2)21(15)31-22(16)29/h3,6-7,11,13-14H,4-5,8-10,12H2,1-2H3,(H,24,25,27). The average Bonchev–Trinajstić information content (AvgIpc) is 3.24. The van der Waals surface area contributed by atoms with Gasteiger partial charge in [0.05, 0.1) is 18.4 Å². The van der Waals surface area contributed by atoms with Gasteiger partial charge in [-0.1, -0.05) is 19.1 Å². The van der Waals surface area contributed by atoms with E-state index in [0.717, 1.165) is 25.9 Å². The Balaban J connectivity index is 1.40. The van der Waals surface area contributed by atoms with Crippen LogP contribution in [0.1, 0.15) is 32.6 Å². The van der Waals surface area contributed by atoms with Gasteiger partial charge in [-0.3, -0.25) is 9.59 Å². The van der Waals surface area contributed by atoms with E-state index in [0.29, 0.717) is 39.0 Å². The van der Waals surface area contributed by atoms with E-state index in [-0.39, 0.29) is 24.7 Å². The Hall–Kier alpha value is -3.20. The third-order valence-corrected chi connectivity index (χ3v) is 6.30. The molecule has 1 saturated heterocycles. The van der Waals surface area contributed by atoms with Gasteiger partial charge in [-0.2, -0.15) is 0 Å². The number of ether oxygens (including phenoxy) is 1. The van der Waals surface area contributed by atoms with Gasteiger partial charge in [0.2, 0.25) is 11.8 Å². The lowest BCUT2D eigenvalue weighted by Crippen LogP contribution is -2.39. The highest BCUT2D eigenvalue weighted by molar-refractivity contribution is 7.14. The molecule has 3 heterocycles. The highest BCUT2D eigenvalue weighted by atomic mass is 32.1. The summed E-state index contributed by atoms with van der Waals surface area (Å²) in [6.45, 7) is 3.66. The molecule has 2 aromatic heterocycles. The van der Waals surface area contributed by atoms with Crippen molar-refractivity contribution in [3.8, 4) is 17.0 Å². The number of nitrogens with zero attached hydrogens (tertiary/aromatic N) is 2. The van der Waals surface area contributed by atoms with Crippen molar-refractivity contribution in [1.29, 1.82) is 0 Å². The molecule has 1 N–H and O–H groups in total. The number of rotatable bonds is 6. The molecule has 0 aliphatic carbocycles. The molecule has 1 aliphatic rings. The molecule has 9 heteroatoms. The van der Waals surface area contributed by atoms with Gasteiger partial charge in [-0.15, -0.1) is 11.3 Å². The zero-order valence-corrected chi connectivity index (χ0v) is 18.9. The van der Waals surface area contributed by atoms with Crippen LogP contribution in [0.2, 0.25) is 0 Å². The van der Waals surface area contributed by atoms with Crippen molar-refractivity contribution >= 4 is 39.3 Å². The van der Waals surface area contributed by atoms with Gasteiger partial charge in [-0.25, -0.2) is 9.78 Å². The summed E-state index contributed by atoms with van der Waals surface area (Å²) >= 11 is 1.21. The fourth-order valence-corrected chi connectivity index (χ4v) is 4.61. The molecule has 32 heavy (non-hydrogen) atoms. The largest absolute Gasteiger partial charge is 0.493 e. The lowest BCUT2D eigenvalue weighted by molar-refractivity contribution is -0.134. The summed E-state index contributed by atoms with van der Waals surface area (Å²) in [6, 6.07) is 7.05. The predicted molar refractivity (Wildman–Crippen MR) is 123 cm³/mol. The Bertz CT molecular complexity index is 1200. The molecule has 4 rings (SSSR count). The first kappa shape index (κ1) is 22.0. The van der Waals surface area contributed by atoms with Crippen LogP contribution in [0.15, 0.2) is 38.9 Å². The predicted octanol–water partition coefficient (Wildman–Crippen LogP) is 3.90. The van der Waals surface area contributed by atoms with Gasteiger partial charge in [0, 0.05) is 36.7 Å². The highest BCUT2D eigenvalue weighted by Crippen LogP contribution is 2.29. The maximum atomic E-state index is 12.5. The minimum atomic E-state index is -0.536. The summed E-state index contributed by atoms with van der Waals surface area (Å²) in [5, 5.41) is 5.49. The van der Waals surface area contributed by atoms with Crippen molar-refractivity contribution in [2.45, 2.75) is 32.6 Å². The smallest absolute Gasteiger partial charge is 0.345 e. The molecule has 1 fully saturated rings. The molecule has 3 aromatic rings. The summed E-state index contributed by atoms with van der Waals surface area (Å²) in [7, 11) is 1.51. The summed E-state index contributed by atoms with van der Waals surface area (Å²) < 4.78 is 10.7. The number of aromatic nitrogens is 1. The van der Waals surface area contributed by atoms with Crippen LogP contribution in [0, 0.1) is 5.92 Å². The number of thiazole rings is 1. The number of para-hydroxylation sites is 1. The molecule has 1 unspecified atom stereocenters. The lowest BCUT2D eigenvalue weighted by Gasteiger charge is -2.30. The highest BCUT2D eigenvalue weighted by Gasteiger charge is 2.21. The summed E-state index contributed by atoms with van der Waals surface area (Å²) in [5.74, 6) is 0.713. The van der Waals surface area contributed by atoms with E-state index in [4.69, 9.17) is 9.15 Å². The molecule has 0 saturated carbocycles. The first-order valence-electron chi connectivity index (χ1n) is 10.6. The van der Waals surface area contributed by atoms with Crippen LogP contribution in [0.5, 0.6) is 5.75 Å². The van der Waals surface area contributed by atoms with Gasteiger partial charge in [0.25, 0.3) is 0 Å². The molecule has 1 aromatic carbocycles. The van der Waals surface area contributed by atoms with Gasteiger partial charge in [0.1, 0.15) is 0 Å². The average molecular weight is 456 g/mol. The van der Waals surface area contributed by atoms with Crippen LogP contribution >= 0.6 is 11.3 Å². The number of nitrogens with one attached hydrogen (secondary N) is 1. The molecular weight excluding hydrogens is 430 g/mol. The van der Waals surface area contributed by atoms with Crippen molar-refractivity contribution in [3.05, 3.63) is 40.1 Å². The van der Waals surface area contributed by atoms with Crippen LogP contribution in [0.4, 0.5) is 5.13 Å². The molecule has 0 bridgehead atoms. The normalized spacial score (nSPS) is 16.2. The second kappa shape index (κ2) is 9.52. The van der Waals surface area contributed by atoms with Gasteiger partial charge >= 0.3 is 5.63 Å². The van der Waals surface area contributed by atoms with Gasteiger partial charge in [-0.05, 0) is 30.9 Å². The molecule has 1 aliphatic heterocycles. The maximum Gasteiger partial charge on any atom is 0.345 e. The fraction of sp³-hybridized carbons (Fsp3) is 0.391. The van der Waals surface area contributed by atoms with Crippen molar-refractivity contribution in [3.63, 3.8) is 0 Å². The summed E-state index contributed by atoms with van der Waals surface area (Å²) in [5.41, 5.74) is 0.561. The Morgan fingerprint density at radius 2 is 2.19 bits per heavy atom. The second-order valence-electron chi connectivity index (χ2n) is 8.00. The number of likely N-dealkylation sites (tertiary alicyclic amines) is 1. The van der Waals surface area contributed by atoms with Gasteiger partial charge in [0.15, 0.2) is 16.5 Å². The van der Waals surface area contributed by atoms with E-state index in [9.17, 15) is 14.4 Å². The Morgan fingerprint density at radius 3 is 2.97 bits per heavy atom. The van der Waals surface area contributed by atoms with Crippen LogP contribution in [-0.2, 0) is 9.59 Å². The molecule has 8 nitrogen and oxygen atoms in total. The zero-order valence-electron chi connectivity index (χ0n) is 18.1. The number of piperidine rings is 1. The minimum absolute atomic E-state index is 0.00993. The first-order valence-corrected chi connectivity index (χ1v) is 11.5. The summed E-state index contributed by atoms with van der Waals surface area (Å²) in [4.78, 5) is 43.4. The lowest BCUT2D eigenvalue weighted by atomic mass is 10.00. The summed E-state index contributed by atoms with van der Waals surface area (Å²) in [6.07, 6.45) is 2.42. The zero-order chi connectivity index (χ0) is 22.7. The number of amides is 2. The number of carbonyl (C=O) groups is 2. The topological polar surface area (TPSA) is 102 Å². The third-order valence-electron chi connectivity index (χ3n) is 5.55. The molecule has 168 valence electrons. The first-order chi connectivity index (χ1) is 15.4. The quantitative estimate of drug-likeness (QED) is 0.566. The number of fused-ring (bicyclic) bond motifs is 1. The number of hydrogen-bond acceptors (Lipinski definition) is 7. The molecular formula is C23H25N3O5S. The molecule has 0 radical (unpaired) electrons. The van der Waals surface area contributed by atoms with E-state index >= 15 is 0 Å². The maximum absolute atomic E-state index is 12.5. The SMILES string of the molecule is COc1cccc2cc(-c3csc(NC(=O)CCC(=O)N4CCCC(C)C4)n3)c(=O)oc12. The Kier molecular flexibility index (Phi) is 6.55. The van der Waals surface area contributed by atoms with E-state index < -0.39 is 5.63 Å². The molecule has 1 atom stereocenters. The van der Waals surface area contributed by atoms with Crippen molar-refractivity contribution < 1.29 is 18.7 Å². The van der Waals surface area contributed by atoms with Crippen LogP contribution < -0.4 is 15.7 Å². The van der Waals surface area contributed by atoms with E-state index in [1.807, 2.05) is 17.0 Å². The van der Waals surface area contributed by atoms with Crippen molar-refractivity contribution in [2.75, 3.05) is 25.5 Å². The number of benzene rings is 1. The Labute approximate surface area is 189 Å². The number of carbonyl (C=O) groups excluding carboxylic acids is 2.